The molecule has 162 valence electrons. The minimum absolute atomic E-state index is 0.0752. The van der Waals surface area contributed by atoms with Gasteiger partial charge in [-0.25, -0.2) is 9.98 Å². The first kappa shape index (κ1) is 22.1. The van der Waals surface area contributed by atoms with E-state index in [0.717, 1.165) is 23.4 Å². The molecule has 7 nitrogen and oxygen atoms in total. The number of hydrogen-bond acceptors (Lipinski definition) is 4. The van der Waals surface area contributed by atoms with Crippen molar-refractivity contribution in [1.29, 1.82) is 0 Å². The van der Waals surface area contributed by atoms with Crippen LogP contribution in [0.15, 0.2) is 64.2 Å². The Labute approximate surface area is 183 Å². The Morgan fingerprint density at radius 2 is 1.81 bits per heavy atom. The second-order valence-corrected chi connectivity index (χ2v) is 7.12. The lowest BCUT2D eigenvalue weighted by Gasteiger charge is -2.10. The molecule has 7 heteroatoms. The lowest BCUT2D eigenvalue weighted by atomic mass is 10.1. The van der Waals surface area contributed by atoms with E-state index in [9.17, 15) is 4.79 Å². The standard InChI is InChI=1S/C24H29N5O2/c1-4-25-22(30)20-8-6-7-18(13-20)14-27-24(26-5-2)28-15-21-16-31-23(29-21)19-11-9-17(3)10-12-19/h6-13,16H,4-5,14-15H2,1-3H3,(H,25,30)(H2,26,27,28). The van der Waals surface area contributed by atoms with Crippen LogP contribution in [0.3, 0.4) is 0 Å². The summed E-state index contributed by atoms with van der Waals surface area (Å²) in [5.41, 5.74) is 4.53. The summed E-state index contributed by atoms with van der Waals surface area (Å²) in [6.45, 7) is 8.24. The monoisotopic (exact) mass is 419 g/mol. The first-order valence-electron chi connectivity index (χ1n) is 10.5. The van der Waals surface area contributed by atoms with E-state index in [2.05, 4.69) is 25.9 Å². The van der Waals surface area contributed by atoms with Crippen LogP contribution in [-0.2, 0) is 13.1 Å². The highest BCUT2D eigenvalue weighted by Gasteiger charge is 2.08. The van der Waals surface area contributed by atoms with Crippen molar-refractivity contribution in [2.45, 2.75) is 33.9 Å². The molecule has 3 aromatic rings. The predicted octanol–water partition coefficient (Wildman–Crippen LogP) is 3.66. The molecule has 31 heavy (non-hydrogen) atoms. The molecule has 0 bridgehead atoms. The molecule has 0 radical (unpaired) electrons. The average molecular weight is 420 g/mol. The third-order valence-electron chi connectivity index (χ3n) is 4.58. The largest absolute Gasteiger partial charge is 0.444 e. The van der Waals surface area contributed by atoms with E-state index in [-0.39, 0.29) is 5.91 Å². The Hall–Kier alpha value is -3.61. The lowest BCUT2D eigenvalue weighted by molar-refractivity contribution is 0.0955. The molecular formula is C24H29N5O2. The van der Waals surface area contributed by atoms with Gasteiger partial charge < -0.3 is 20.4 Å². The molecule has 0 atom stereocenters. The van der Waals surface area contributed by atoms with Gasteiger partial charge in [-0.3, -0.25) is 4.79 Å². The van der Waals surface area contributed by atoms with Gasteiger partial charge in [0, 0.05) is 24.2 Å². The number of nitrogens with zero attached hydrogens (tertiary/aromatic N) is 2. The third kappa shape index (κ3) is 6.44. The number of aliphatic imine (C=N–C) groups is 1. The van der Waals surface area contributed by atoms with Gasteiger partial charge in [0.15, 0.2) is 5.96 Å². The zero-order valence-corrected chi connectivity index (χ0v) is 18.2. The van der Waals surface area contributed by atoms with E-state index in [1.165, 1.54) is 5.56 Å². The van der Waals surface area contributed by atoms with Gasteiger partial charge >= 0.3 is 0 Å². The Kier molecular flexibility index (Phi) is 7.81. The number of hydrogen-bond donors (Lipinski definition) is 3. The number of rotatable bonds is 8. The molecule has 2 aromatic carbocycles. The SMILES string of the molecule is CCNC(=O)c1cccc(CN=C(NCC)NCc2coc(-c3ccc(C)cc3)n2)c1. The van der Waals surface area contributed by atoms with Crippen molar-refractivity contribution in [3.8, 4) is 11.5 Å². The number of guanidine groups is 1. The first-order valence-corrected chi connectivity index (χ1v) is 10.5. The van der Waals surface area contributed by atoms with Crippen LogP contribution in [0.1, 0.15) is 41.0 Å². The second kappa shape index (κ2) is 11.0. The number of aromatic nitrogens is 1. The number of amides is 1. The van der Waals surface area contributed by atoms with Gasteiger partial charge in [0.25, 0.3) is 5.91 Å². The molecule has 0 unspecified atom stereocenters. The molecule has 1 aromatic heterocycles. The fraction of sp³-hybridized carbons (Fsp3) is 0.292. The average Bonchev–Trinajstić information content (AvgIpc) is 3.25. The van der Waals surface area contributed by atoms with Crippen LogP contribution in [0.2, 0.25) is 0 Å². The van der Waals surface area contributed by atoms with E-state index >= 15 is 0 Å². The number of nitrogens with one attached hydrogen (secondary N) is 3. The van der Waals surface area contributed by atoms with Crippen molar-refractivity contribution >= 4 is 11.9 Å². The number of benzene rings is 2. The molecule has 0 saturated carbocycles. The Morgan fingerprint density at radius 1 is 1.03 bits per heavy atom. The minimum Gasteiger partial charge on any atom is -0.444 e. The molecule has 3 N–H and O–H groups in total. The van der Waals surface area contributed by atoms with E-state index < -0.39 is 0 Å². The van der Waals surface area contributed by atoms with Crippen molar-refractivity contribution in [3.05, 3.63) is 77.2 Å². The zero-order chi connectivity index (χ0) is 22.1. The molecule has 0 saturated heterocycles. The van der Waals surface area contributed by atoms with Gasteiger partial charge in [-0.1, -0.05) is 29.8 Å². The summed E-state index contributed by atoms with van der Waals surface area (Å²) < 4.78 is 5.62. The maximum Gasteiger partial charge on any atom is 0.251 e. The molecule has 0 aliphatic heterocycles. The lowest BCUT2D eigenvalue weighted by Crippen LogP contribution is -2.36. The van der Waals surface area contributed by atoms with Crippen molar-refractivity contribution in [3.63, 3.8) is 0 Å². The Balaban J connectivity index is 1.62. The van der Waals surface area contributed by atoms with Crippen LogP contribution in [0.4, 0.5) is 0 Å². The molecule has 1 amide bonds. The minimum atomic E-state index is -0.0752. The summed E-state index contributed by atoms with van der Waals surface area (Å²) in [5, 5.41) is 9.32. The molecule has 0 aliphatic carbocycles. The fourth-order valence-corrected chi connectivity index (χ4v) is 2.98. The highest BCUT2D eigenvalue weighted by atomic mass is 16.3. The van der Waals surface area contributed by atoms with Crippen LogP contribution in [-0.4, -0.2) is 29.9 Å². The smallest absolute Gasteiger partial charge is 0.251 e. The molecular weight excluding hydrogens is 390 g/mol. The first-order chi connectivity index (χ1) is 15.1. The van der Waals surface area contributed by atoms with Gasteiger partial charge in [-0.2, -0.15) is 0 Å². The normalized spacial score (nSPS) is 11.3. The molecule has 3 rings (SSSR count). The predicted molar refractivity (Wildman–Crippen MR) is 123 cm³/mol. The van der Waals surface area contributed by atoms with E-state index in [1.807, 2.05) is 63.2 Å². The van der Waals surface area contributed by atoms with E-state index in [1.54, 1.807) is 12.3 Å². The number of aryl methyl sites for hydroxylation is 1. The number of carbonyl (C=O) groups excluding carboxylic acids is 1. The van der Waals surface area contributed by atoms with E-state index in [0.29, 0.717) is 37.0 Å². The third-order valence-corrected chi connectivity index (χ3v) is 4.58. The van der Waals surface area contributed by atoms with Crippen LogP contribution >= 0.6 is 0 Å². The number of oxazole rings is 1. The quantitative estimate of drug-likeness (QED) is 0.383. The van der Waals surface area contributed by atoms with Gasteiger partial charge in [0.2, 0.25) is 5.89 Å². The summed E-state index contributed by atoms with van der Waals surface area (Å²) in [4.78, 5) is 21.2. The van der Waals surface area contributed by atoms with Gasteiger partial charge in [-0.05, 0) is 50.6 Å². The summed E-state index contributed by atoms with van der Waals surface area (Å²) in [6.07, 6.45) is 1.65. The van der Waals surface area contributed by atoms with Crippen LogP contribution in [0.5, 0.6) is 0 Å². The molecule has 0 aliphatic rings. The van der Waals surface area contributed by atoms with Crippen molar-refractivity contribution < 1.29 is 9.21 Å². The van der Waals surface area contributed by atoms with E-state index in [4.69, 9.17) is 4.42 Å². The summed E-state index contributed by atoms with van der Waals surface area (Å²) in [7, 11) is 0. The van der Waals surface area contributed by atoms with Crippen molar-refractivity contribution in [2.24, 2.45) is 4.99 Å². The van der Waals surface area contributed by atoms with Crippen LogP contribution in [0.25, 0.3) is 11.5 Å². The van der Waals surface area contributed by atoms with Gasteiger partial charge in [0.05, 0.1) is 18.8 Å². The highest BCUT2D eigenvalue weighted by Crippen LogP contribution is 2.19. The molecule has 0 fully saturated rings. The topological polar surface area (TPSA) is 91.5 Å². The van der Waals surface area contributed by atoms with Gasteiger partial charge in [-0.15, -0.1) is 0 Å². The molecule has 1 heterocycles. The van der Waals surface area contributed by atoms with Crippen molar-refractivity contribution in [2.75, 3.05) is 13.1 Å². The summed E-state index contributed by atoms with van der Waals surface area (Å²) >= 11 is 0. The van der Waals surface area contributed by atoms with Crippen molar-refractivity contribution in [1.82, 2.24) is 20.9 Å². The second-order valence-electron chi connectivity index (χ2n) is 7.12. The maximum atomic E-state index is 12.0. The zero-order valence-electron chi connectivity index (χ0n) is 18.2. The molecule has 0 spiro atoms. The van der Waals surface area contributed by atoms with Crippen LogP contribution in [0, 0.1) is 6.92 Å². The Morgan fingerprint density at radius 3 is 2.55 bits per heavy atom. The number of carbonyl (C=O) groups is 1. The Bertz CT molecular complexity index is 1020. The summed E-state index contributed by atoms with van der Waals surface area (Å²) in [5.74, 6) is 1.19. The summed E-state index contributed by atoms with van der Waals surface area (Å²) in [6, 6.07) is 15.6. The van der Waals surface area contributed by atoms with Gasteiger partial charge in [0.1, 0.15) is 6.26 Å². The maximum absolute atomic E-state index is 12.0. The van der Waals surface area contributed by atoms with Crippen LogP contribution < -0.4 is 16.0 Å². The highest BCUT2D eigenvalue weighted by molar-refractivity contribution is 5.94. The fourth-order valence-electron chi connectivity index (χ4n) is 2.98.